The zero-order chi connectivity index (χ0) is 13.3. The van der Waals surface area contributed by atoms with Gasteiger partial charge in [0.1, 0.15) is 17.9 Å². The van der Waals surface area contributed by atoms with Crippen molar-refractivity contribution < 1.29 is 20.2 Å². The van der Waals surface area contributed by atoms with Gasteiger partial charge < -0.3 is 20.3 Å². The molecule has 0 aliphatic rings. The van der Waals surface area contributed by atoms with Gasteiger partial charge in [-0.25, -0.2) is 4.98 Å². The molecule has 0 spiro atoms. The molecular formula is C10H11N3O5. The van der Waals surface area contributed by atoms with E-state index in [2.05, 4.69) is 9.97 Å². The van der Waals surface area contributed by atoms with Crippen molar-refractivity contribution in [2.45, 2.75) is 12.2 Å². The van der Waals surface area contributed by atoms with Crippen molar-refractivity contribution in [2.24, 2.45) is 0 Å². The van der Waals surface area contributed by atoms with Crippen molar-refractivity contribution in [3.8, 4) is 0 Å². The van der Waals surface area contributed by atoms with Crippen molar-refractivity contribution in [3.63, 3.8) is 0 Å². The summed E-state index contributed by atoms with van der Waals surface area (Å²) in [5.74, 6) is 0. The van der Waals surface area contributed by atoms with Gasteiger partial charge in [-0.3, -0.25) is 10.1 Å². The molecule has 18 heavy (non-hydrogen) atoms. The molecule has 0 aliphatic carbocycles. The smallest absolute Gasteiger partial charge is 0.296 e. The molecule has 0 saturated heterocycles. The Morgan fingerprint density at radius 1 is 1.50 bits per heavy atom. The minimum atomic E-state index is -1.36. The molecule has 0 radical (unpaired) electrons. The molecule has 0 aromatic carbocycles. The number of nitrogens with zero attached hydrogens (tertiary/aromatic N) is 2. The third-order valence-corrected chi connectivity index (χ3v) is 2.62. The van der Waals surface area contributed by atoms with Crippen LogP contribution in [0.4, 0.5) is 5.69 Å². The van der Waals surface area contributed by atoms with Crippen molar-refractivity contribution in [1.82, 2.24) is 9.97 Å². The van der Waals surface area contributed by atoms with Crippen LogP contribution in [0.5, 0.6) is 0 Å². The highest BCUT2D eigenvalue weighted by Crippen LogP contribution is 2.27. The fraction of sp³-hybridized carbons (Fsp3) is 0.300. The molecule has 2 aromatic rings. The van der Waals surface area contributed by atoms with Gasteiger partial charge in [0.2, 0.25) is 0 Å². The quantitative estimate of drug-likeness (QED) is 0.442. The van der Waals surface area contributed by atoms with Crippen LogP contribution in [-0.2, 0) is 0 Å². The summed E-state index contributed by atoms with van der Waals surface area (Å²) in [6.45, 7) is -0.617. The summed E-state index contributed by atoms with van der Waals surface area (Å²) in [6, 6.07) is 1.36. The van der Waals surface area contributed by atoms with Crippen LogP contribution in [-0.4, -0.2) is 42.9 Å². The number of nitro groups is 1. The van der Waals surface area contributed by atoms with Gasteiger partial charge in [0, 0.05) is 11.8 Å². The van der Waals surface area contributed by atoms with Crippen LogP contribution in [0.3, 0.4) is 0 Å². The largest absolute Gasteiger partial charge is 0.394 e. The first-order chi connectivity index (χ1) is 8.54. The van der Waals surface area contributed by atoms with Gasteiger partial charge in [-0.2, -0.15) is 0 Å². The summed E-state index contributed by atoms with van der Waals surface area (Å²) in [5.41, 5.74) is 0.355. The van der Waals surface area contributed by atoms with E-state index in [4.69, 9.17) is 5.11 Å². The maximum Gasteiger partial charge on any atom is 0.296 e. The summed E-state index contributed by atoms with van der Waals surface area (Å²) in [4.78, 5) is 16.7. The maximum atomic E-state index is 10.8. The first-order valence-corrected chi connectivity index (χ1v) is 5.13. The van der Waals surface area contributed by atoms with Crippen LogP contribution in [0.2, 0.25) is 0 Å². The lowest BCUT2D eigenvalue weighted by Crippen LogP contribution is -2.22. The number of aromatic nitrogens is 2. The molecule has 0 saturated carbocycles. The lowest BCUT2D eigenvalue weighted by atomic mass is 10.1. The third-order valence-electron chi connectivity index (χ3n) is 2.62. The second-order valence-corrected chi connectivity index (χ2v) is 3.79. The van der Waals surface area contributed by atoms with E-state index in [0.717, 1.165) is 0 Å². The molecule has 0 bridgehead atoms. The van der Waals surface area contributed by atoms with Gasteiger partial charge >= 0.3 is 0 Å². The Hall–Kier alpha value is -2.03. The molecule has 8 nitrogen and oxygen atoms in total. The van der Waals surface area contributed by atoms with Gasteiger partial charge in [-0.05, 0) is 6.07 Å². The predicted octanol–water partition coefficient (Wildman–Crippen LogP) is -0.142. The summed E-state index contributed by atoms with van der Waals surface area (Å²) in [7, 11) is 0. The second-order valence-electron chi connectivity index (χ2n) is 3.79. The molecule has 2 rings (SSSR count). The Morgan fingerprint density at radius 3 is 2.83 bits per heavy atom. The number of nitrogens with one attached hydrogen (secondary N) is 1. The van der Waals surface area contributed by atoms with Crippen LogP contribution in [0, 0.1) is 10.1 Å². The first kappa shape index (κ1) is 12.4. The highest BCUT2D eigenvalue weighted by molar-refractivity contribution is 5.86. The monoisotopic (exact) mass is 253 g/mol. The van der Waals surface area contributed by atoms with E-state index < -0.39 is 23.7 Å². The number of aliphatic hydroxyl groups excluding tert-OH is 3. The van der Waals surface area contributed by atoms with E-state index in [-0.39, 0.29) is 16.6 Å². The van der Waals surface area contributed by atoms with E-state index in [1.807, 2.05) is 0 Å². The Balaban J connectivity index is 2.48. The number of aromatic amines is 1. The van der Waals surface area contributed by atoms with Crippen LogP contribution in [0.25, 0.3) is 11.0 Å². The summed E-state index contributed by atoms with van der Waals surface area (Å²) in [5, 5.41) is 38.7. The average Bonchev–Trinajstić information content (AvgIpc) is 2.79. The van der Waals surface area contributed by atoms with Crippen LogP contribution in [0.15, 0.2) is 18.5 Å². The number of hydrogen-bond donors (Lipinski definition) is 4. The lowest BCUT2D eigenvalue weighted by molar-refractivity contribution is -0.383. The molecule has 2 unspecified atom stereocenters. The Morgan fingerprint density at radius 2 is 2.22 bits per heavy atom. The summed E-state index contributed by atoms with van der Waals surface area (Å²) >= 11 is 0. The van der Waals surface area contributed by atoms with Crippen LogP contribution < -0.4 is 0 Å². The third kappa shape index (κ3) is 2.04. The highest BCUT2D eigenvalue weighted by atomic mass is 16.6. The van der Waals surface area contributed by atoms with Crippen molar-refractivity contribution in [3.05, 3.63) is 34.1 Å². The number of pyridine rings is 1. The van der Waals surface area contributed by atoms with Gasteiger partial charge in [0.05, 0.1) is 23.1 Å². The SMILES string of the molecule is O=[N+]([O-])c1c[nH]c2ncc(C(O)C(O)CO)cc12. The minimum Gasteiger partial charge on any atom is -0.394 e. The summed E-state index contributed by atoms with van der Waals surface area (Å²) in [6.07, 6.45) is -0.216. The maximum absolute atomic E-state index is 10.8. The van der Waals surface area contributed by atoms with Gasteiger partial charge in [-0.15, -0.1) is 0 Å². The van der Waals surface area contributed by atoms with Gasteiger partial charge in [0.15, 0.2) is 0 Å². The number of rotatable bonds is 4. The average molecular weight is 253 g/mol. The van der Waals surface area contributed by atoms with E-state index >= 15 is 0 Å². The molecule has 2 aromatic heterocycles. The number of hydrogen-bond acceptors (Lipinski definition) is 6. The Bertz CT molecular complexity index is 582. The highest BCUT2D eigenvalue weighted by Gasteiger charge is 2.21. The zero-order valence-electron chi connectivity index (χ0n) is 9.15. The first-order valence-electron chi connectivity index (χ1n) is 5.13. The fourth-order valence-corrected chi connectivity index (χ4v) is 1.64. The van der Waals surface area contributed by atoms with Gasteiger partial charge in [0.25, 0.3) is 5.69 Å². The number of H-pyrrole nitrogens is 1. The second kappa shape index (κ2) is 4.69. The van der Waals surface area contributed by atoms with Crippen molar-refractivity contribution in [1.29, 1.82) is 0 Å². The number of fused-ring (bicyclic) bond motifs is 1. The fourth-order valence-electron chi connectivity index (χ4n) is 1.64. The molecule has 0 aliphatic heterocycles. The van der Waals surface area contributed by atoms with Crippen LogP contribution >= 0.6 is 0 Å². The molecule has 4 N–H and O–H groups in total. The Labute approximate surface area is 101 Å². The molecule has 0 fully saturated rings. The normalized spacial score (nSPS) is 14.6. The molecule has 8 heteroatoms. The minimum absolute atomic E-state index is 0.162. The predicted molar refractivity (Wildman–Crippen MR) is 60.8 cm³/mol. The Kier molecular flexibility index (Phi) is 3.24. The van der Waals surface area contributed by atoms with E-state index in [0.29, 0.717) is 5.65 Å². The van der Waals surface area contributed by atoms with Gasteiger partial charge in [-0.1, -0.05) is 0 Å². The molecule has 0 amide bonds. The summed E-state index contributed by atoms with van der Waals surface area (Å²) < 4.78 is 0. The topological polar surface area (TPSA) is 133 Å². The van der Waals surface area contributed by atoms with E-state index in [9.17, 15) is 20.3 Å². The molecular weight excluding hydrogens is 242 g/mol. The number of aliphatic hydroxyl groups is 3. The van der Waals surface area contributed by atoms with Crippen LogP contribution in [0.1, 0.15) is 11.7 Å². The zero-order valence-corrected chi connectivity index (χ0v) is 9.15. The van der Waals surface area contributed by atoms with E-state index in [1.165, 1.54) is 18.5 Å². The molecule has 2 atom stereocenters. The molecule has 96 valence electrons. The standard InChI is InChI=1S/C10H11N3O5/c14-4-8(15)9(16)5-1-6-7(13(17)18)3-12-10(6)11-2-5/h1-3,8-9,14-16H,4H2,(H,11,12). The lowest BCUT2D eigenvalue weighted by Gasteiger charge is -2.15. The molecule has 2 heterocycles. The van der Waals surface area contributed by atoms with E-state index in [1.54, 1.807) is 0 Å². The van der Waals surface area contributed by atoms with Crippen molar-refractivity contribution in [2.75, 3.05) is 6.61 Å². The van der Waals surface area contributed by atoms with Crippen molar-refractivity contribution >= 4 is 16.7 Å².